The number of fused-ring (bicyclic) bond motifs is 1. The number of imide groups is 1. The summed E-state index contributed by atoms with van der Waals surface area (Å²) in [5.74, 6) is -1.36. The van der Waals surface area contributed by atoms with E-state index in [9.17, 15) is 32.3 Å². The van der Waals surface area contributed by atoms with Gasteiger partial charge in [0.15, 0.2) is 0 Å². The van der Waals surface area contributed by atoms with Gasteiger partial charge in [0.25, 0.3) is 17.4 Å². The van der Waals surface area contributed by atoms with Crippen LogP contribution in [0.25, 0.3) is 5.69 Å². The minimum atomic E-state index is -4.66. The second-order valence-corrected chi connectivity index (χ2v) is 13.0. The van der Waals surface area contributed by atoms with Crippen LogP contribution in [0.15, 0.2) is 64.4 Å². The first-order chi connectivity index (χ1) is 22.7. The molecule has 3 aromatic rings. The number of alkyl halides is 3. The summed E-state index contributed by atoms with van der Waals surface area (Å²) in [5, 5.41) is 6.36. The average Bonchev–Trinajstić information content (AvgIpc) is 3.07. The first kappa shape index (κ1) is 35.0. The highest BCUT2D eigenvalue weighted by molar-refractivity contribution is 9.10. The van der Waals surface area contributed by atoms with Crippen LogP contribution in [-0.4, -0.2) is 69.3 Å². The second kappa shape index (κ2) is 14.0. The maximum Gasteiger partial charge on any atom is 0.417 e. The van der Waals surface area contributed by atoms with Crippen molar-refractivity contribution in [2.24, 2.45) is 5.92 Å². The van der Waals surface area contributed by atoms with Crippen LogP contribution in [0.3, 0.4) is 0 Å². The summed E-state index contributed by atoms with van der Waals surface area (Å²) in [7, 11) is 1.47. The van der Waals surface area contributed by atoms with Gasteiger partial charge in [-0.3, -0.25) is 24.1 Å². The number of amides is 3. The summed E-state index contributed by atoms with van der Waals surface area (Å²) >= 11 is 2.91. The van der Waals surface area contributed by atoms with Gasteiger partial charge in [-0.25, -0.2) is 9.55 Å². The van der Waals surface area contributed by atoms with E-state index in [1.165, 1.54) is 28.6 Å². The molecule has 2 aromatic carbocycles. The van der Waals surface area contributed by atoms with Gasteiger partial charge in [-0.1, -0.05) is 22.0 Å². The molecule has 254 valence electrons. The maximum absolute atomic E-state index is 14.1. The van der Waals surface area contributed by atoms with E-state index in [2.05, 4.69) is 33.1 Å². The Hall–Kier alpha value is -4.30. The number of hydrogen-bond donors (Lipinski definition) is 2. The molecule has 2 aliphatic heterocycles. The summed E-state index contributed by atoms with van der Waals surface area (Å²) in [6, 6.07) is 8.78. The largest absolute Gasteiger partial charge is 0.417 e. The molecule has 0 aliphatic carbocycles. The summed E-state index contributed by atoms with van der Waals surface area (Å²) in [6.07, 6.45) is -1.59. The highest BCUT2D eigenvalue weighted by Gasteiger charge is 2.36. The fourth-order valence-corrected chi connectivity index (χ4v) is 6.43. The van der Waals surface area contributed by atoms with Crippen LogP contribution in [0.5, 0.6) is 0 Å². The first-order valence-electron chi connectivity index (χ1n) is 15.6. The number of benzene rings is 2. The lowest BCUT2D eigenvalue weighted by Gasteiger charge is -2.35. The number of nitrogens with zero attached hydrogens (tertiary/aromatic N) is 4. The van der Waals surface area contributed by atoms with Crippen molar-refractivity contribution in [3.8, 4) is 5.69 Å². The Balaban J connectivity index is 1.46. The second-order valence-electron chi connectivity index (χ2n) is 12.1. The Kier molecular flexibility index (Phi) is 10.2. The van der Waals surface area contributed by atoms with Gasteiger partial charge >= 0.3 is 6.18 Å². The topological polar surface area (TPSA) is 117 Å². The van der Waals surface area contributed by atoms with E-state index in [0.717, 1.165) is 24.1 Å². The van der Waals surface area contributed by atoms with Gasteiger partial charge in [-0.05, 0) is 88.7 Å². The lowest BCUT2D eigenvalue weighted by Crippen LogP contribution is -2.46. The number of halogens is 4. The van der Waals surface area contributed by atoms with Crippen LogP contribution in [0.2, 0.25) is 0 Å². The molecule has 14 heteroatoms. The maximum atomic E-state index is 14.1. The van der Waals surface area contributed by atoms with Crippen LogP contribution >= 0.6 is 15.9 Å². The number of rotatable bonds is 7. The van der Waals surface area contributed by atoms with Crippen molar-refractivity contribution in [3.05, 3.63) is 97.9 Å². The van der Waals surface area contributed by atoms with E-state index >= 15 is 0 Å². The Bertz CT molecular complexity index is 1800. The van der Waals surface area contributed by atoms with E-state index in [1.54, 1.807) is 37.3 Å². The molecule has 2 N–H and O–H groups in total. The van der Waals surface area contributed by atoms with Gasteiger partial charge in [0.2, 0.25) is 11.9 Å². The average molecular weight is 730 g/mol. The van der Waals surface area contributed by atoms with Crippen LogP contribution in [-0.2, 0) is 23.9 Å². The molecule has 3 heterocycles. The number of carbonyl (C=O) groups is 3. The minimum Gasteiger partial charge on any atom is -0.349 e. The molecule has 3 amide bonds. The predicted octanol–water partition coefficient (Wildman–Crippen LogP) is 5.19. The molecular formula is C34H36BrF3N6O4. The third-order valence-electron chi connectivity index (χ3n) is 8.80. The molecule has 1 unspecified atom stereocenters. The molecule has 0 bridgehead atoms. The number of nitrogens with one attached hydrogen (secondary N) is 2. The fraction of sp³-hybridized carbons (Fsp3) is 0.382. The zero-order valence-corrected chi connectivity index (χ0v) is 28.3. The van der Waals surface area contributed by atoms with Crippen molar-refractivity contribution < 1.29 is 27.6 Å². The molecule has 48 heavy (non-hydrogen) atoms. The van der Waals surface area contributed by atoms with Gasteiger partial charge in [-0.2, -0.15) is 13.2 Å². The number of hydrogen-bond acceptors (Lipinski definition) is 7. The Morgan fingerprint density at radius 3 is 2.40 bits per heavy atom. The number of piperidine rings is 1. The molecule has 1 fully saturated rings. The number of aromatic nitrogens is 2. The first-order valence-corrected chi connectivity index (χ1v) is 16.3. The fourth-order valence-electron chi connectivity index (χ4n) is 5.96. The molecule has 0 saturated carbocycles. The molecule has 2 atom stereocenters. The van der Waals surface area contributed by atoms with Gasteiger partial charge < -0.3 is 15.5 Å². The van der Waals surface area contributed by atoms with Gasteiger partial charge in [-0.15, -0.1) is 6.58 Å². The van der Waals surface area contributed by atoms with Gasteiger partial charge in [0, 0.05) is 46.2 Å². The van der Waals surface area contributed by atoms with E-state index in [1.807, 2.05) is 6.92 Å². The SMILES string of the molecule is C=CC(C)Nc1nc2c(c(=O)n1-c1ccc(C(=O)N(C)C(=O)C3CCNCC3)cc1)C[C@@H](C)N(C(=O)c1ccc(Br)c(C(F)(F)F)c1)C2. The van der Waals surface area contributed by atoms with Crippen molar-refractivity contribution in [3.63, 3.8) is 0 Å². The number of anilines is 1. The minimum absolute atomic E-state index is 0.0924. The van der Waals surface area contributed by atoms with E-state index in [4.69, 9.17) is 4.98 Å². The highest BCUT2D eigenvalue weighted by Crippen LogP contribution is 2.36. The quantitative estimate of drug-likeness (QED) is 0.254. The Morgan fingerprint density at radius 2 is 1.77 bits per heavy atom. The Morgan fingerprint density at radius 1 is 1.12 bits per heavy atom. The highest BCUT2D eigenvalue weighted by atomic mass is 79.9. The monoisotopic (exact) mass is 728 g/mol. The van der Waals surface area contributed by atoms with Crippen molar-refractivity contribution in [2.75, 3.05) is 25.5 Å². The molecule has 1 aromatic heterocycles. The molecular weight excluding hydrogens is 693 g/mol. The van der Waals surface area contributed by atoms with Crippen LogP contribution < -0.4 is 16.2 Å². The molecule has 0 radical (unpaired) electrons. The standard InChI is InChI=1S/C34H36BrF3N6O4/c1-5-19(2)40-33-41-28-18-43(31(47)23-8-11-27(35)26(17-23)34(36,37)38)20(3)16-25(28)32(48)44(33)24-9-6-21(7-10-24)29(45)42(4)30(46)22-12-14-39-15-13-22/h5-11,17,19-20,22,39H,1,12-16,18H2,2-4H3,(H,40,41)/t19?,20-/m1/s1. The van der Waals surface area contributed by atoms with Gasteiger partial charge in [0.05, 0.1) is 23.5 Å². The van der Waals surface area contributed by atoms with Crippen molar-refractivity contribution >= 4 is 39.6 Å². The summed E-state index contributed by atoms with van der Waals surface area (Å²) < 4.78 is 41.9. The smallest absolute Gasteiger partial charge is 0.349 e. The van der Waals surface area contributed by atoms with Crippen molar-refractivity contribution in [1.29, 1.82) is 0 Å². The normalized spacial score (nSPS) is 17.3. The van der Waals surface area contributed by atoms with Gasteiger partial charge in [0.1, 0.15) is 0 Å². The van der Waals surface area contributed by atoms with E-state index in [-0.39, 0.29) is 52.4 Å². The van der Waals surface area contributed by atoms with Crippen molar-refractivity contribution in [1.82, 2.24) is 24.7 Å². The summed E-state index contributed by atoms with van der Waals surface area (Å²) in [5.41, 5.74) is -0.109. The van der Waals surface area contributed by atoms with Crippen LogP contribution in [0.1, 0.15) is 64.2 Å². The Labute approximate surface area is 284 Å². The lowest BCUT2D eigenvalue weighted by molar-refractivity contribution is -0.138. The van der Waals surface area contributed by atoms with Crippen LogP contribution in [0.4, 0.5) is 19.1 Å². The zero-order chi connectivity index (χ0) is 34.9. The molecule has 0 spiro atoms. The third-order valence-corrected chi connectivity index (χ3v) is 9.49. The summed E-state index contributed by atoms with van der Waals surface area (Å²) in [6.45, 7) is 8.67. The summed E-state index contributed by atoms with van der Waals surface area (Å²) in [4.78, 5) is 61.0. The van der Waals surface area contributed by atoms with Crippen molar-refractivity contribution in [2.45, 2.75) is 57.9 Å². The molecule has 10 nitrogen and oxygen atoms in total. The molecule has 2 aliphatic rings. The van der Waals surface area contributed by atoms with E-state index in [0.29, 0.717) is 29.8 Å². The molecule has 1 saturated heterocycles. The lowest BCUT2D eigenvalue weighted by atomic mass is 9.96. The molecule has 5 rings (SSSR count). The zero-order valence-electron chi connectivity index (χ0n) is 26.7. The van der Waals surface area contributed by atoms with E-state index < -0.39 is 35.2 Å². The third kappa shape index (κ3) is 7.09. The predicted molar refractivity (Wildman–Crippen MR) is 178 cm³/mol. The number of carbonyl (C=O) groups excluding carboxylic acids is 3. The van der Waals surface area contributed by atoms with Crippen LogP contribution in [0, 0.1) is 5.92 Å².